The number of halogens is 12. The fourth-order valence-electron chi connectivity index (χ4n) is 6.52. The van der Waals surface area contributed by atoms with Gasteiger partial charge in [0.05, 0.1) is 30.9 Å². The summed E-state index contributed by atoms with van der Waals surface area (Å²) in [6.07, 6.45) is -0.658. The highest BCUT2D eigenvalue weighted by molar-refractivity contribution is 9.11. The van der Waals surface area contributed by atoms with Gasteiger partial charge in [-0.2, -0.15) is 26.3 Å². The average Bonchev–Trinajstić information content (AvgIpc) is 3.28. The van der Waals surface area contributed by atoms with Crippen LogP contribution in [0.5, 0.6) is 0 Å². The molecular weight excluding hydrogens is 1260 g/mol. The van der Waals surface area contributed by atoms with Crippen LogP contribution < -0.4 is 4.90 Å². The number of unbranched alkanes of at least 4 members (excludes halogenated alkanes) is 3. The molecular formula is C52H51Br6F6NO2. The zero-order valence-corrected chi connectivity index (χ0v) is 46.4. The Morgan fingerprint density at radius 3 is 1.24 bits per heavy atom. The molecule has 1 saturated heterocycles. The first-order valence-corrected chi connectivity index (χ1v) is 26.2. The van der Waals surface area contributed by atoms with Gasteiger partial charge in [0.1, 0.15) is 0 Å². The van der Waals surface area contributed by atoms with Crippen molar-refractivity contribution in [3.05, 3.63) is 189 Å². The van der Waals surface area contributed by atoms with E-state index in [0.29, 0.717) is 24.2 Å². The van der Waals surface area contributed by atoms with Gasteiger partial charge in [-0.3, -0.25) is 0 Å². The monoisotopic (exact) mass is 1310 g/mol. The average molecular weight is 1320 g/mol. The number of ether oxygens (including phenoxy) is 2. The van der Waals surface area contributed by atoms with E-state index < -0.39 is 23.5 Å². The zero-order chi connectivity index (χ0) is 49.0. The molecule has 1 aliphatic heterocycles. The zero-order valence-electron chi connectivity index (χ0n) is 36.9. The van der Waals surface area contributed by atoms with Crippen molar-refractivity contribution in [2.24, 2.45) is 5.41 Å². The molecule has 1 aliphatic rings. The molecule has 0 unspecified atom stereocenters. The predicted octanol–water partition coefficient (Wildman–Crippen LogP) is 20.3. The first-order chi connectivity index (χ1) is 31.8. The Kier molecular flexibility index (Phi) is 24.2. The summed E-state index contributed by atoms with van der Waals surface area (Å²) in [5.41, 5.74) is 3.78. The number of anilines is 3. The van der Waals surface area contributed by atoms with Gasteiger partial charge in [0.2, 0.25) is 0 Å². The summed E-state index contributed by atoms with van der Waals surface area (Å²) in [5.74, 6) is 0. The Hall–Kier alpha value is -2.50. The molecule has 6 aromatic carbocycles. The maximum atomic E-state index is 12.1. The van der Waals surface area contributed by atoms with E-state index in [1.54, 1.807) is 0 Å². The fraction of sp³-hybridized carbons (Fsp3) is 0.308. The summed E-state index contributed by atoms with van der Waals surface area (Å²) in [7, 11) is 0. The third kappa shape index (κ3) is 20.4. The molecule has 0 aliphatic carbocycles. The molecule has 6 aromatic rings. The second-order valence-electron chi connectivity index (χ2n) is 15.7. The molecule has 1 heterocycles. The Labute approximate surface area is 441 Å². The molecule has 0 spiro atoms. The summed E-state index contributed by atoms with van der Waals surface area (Å²) >= 11 is 19.9. The molecule has 0 bridgehead atoms. The van der Waals surface area contributed by atoms with Crippen LogP contribution >= 0.6 is 95.6 Å². The van der Waals surface area contributed by atoms with E-state index in [2.05, 4.69) is 224 Å². The van der Waals surface area contributed by atoms with Gasteiger partial charge < -0.3 is 14.4 Å². The van der Waals surface area contributed by atoms with Crippen molar-refractivity contribution in [3.8, 4) is 0 Å². The molecule has 0 radical (unpaired) electrons. The standard InChI is InChI=1S/C18H12Br3N.C14H19BrO2.C12H17Br.C8H3BrF6/c19-13-1-7-16(8-2-13)22(17-9-3-14(20)4-10-17)18-11-5-15(21)6-12-18;1-2-14(10-17-11-14)7-8-16-9-12-3-5-13(15)6-4-12;1-2-3-4-5-6-11-7-9-12(13)10-8-11;9-6-2-4(7(10,11)12)1-5(3-6)8(13,14)15/h1-12H;3-6H,2,7-11H2,1H3;7-10H,2-6H2,1H3;1-3H. The van der Waals surface area contributed by atoms with Gasteiger partial charge in [0.15, 0.2) is 0 Å². The third-order valence-electron chi connectivity index (χ3n) is 10.6. The minimum atomic E-state index is -4.79. The van der Waals surface area contributed by atoms with Crippen molar-refractivity contribution in [2.75, 3.05) is 24.7 Å². The van der Waals surface area contributed by atoms with Crippen LogP contribution in [0.2, 0.25) is 0 Å². The molecule has 15 heteroatoms. The van der Waals surface area contributed by atoms with E-state index in [9.17, 15) is 26.3 Å². The molecule has 0 N–H and O–H groups in total. The lowest BCUT2D eigenvalue weighted by Crippen LogP contribution is -2.42. The Morgan fingerprint density at radius 1 is 0.507 bits per heavy atom. The molecule has 0 saturated carbocycles. The topological polar surface area (TPSA) is 21.7 Å². The molecule has 67 heavy (non-hydrogen) atoms. The number of hydrogen-bond donors (Lipinski definition) is 0. The lowest BCUT2D eigenvalue weighted by atomic mass is 9.80. The maximum absolute atomic E-state index is 12.1. The van der Waals surface area contributed by atoms with Crippen molar-refractivity contribution >= 4 is 113 Å². The number of alkyl halides is 6. The third-order valence-corrected chi connectivity index (χ3v) is 13.7. The minimum Gasteiger partial charge on any atom is -0.380 e. The van der Waals surface area contributed by atoms with Gasteiger partial charge in [-0.25, -0.2) is 0 Å². The largest absolute Gasteiger partial charge is 0.416 e. The molecule has 7 rings (SSSR count). The summed E-state index contributed by atoms with van der Waals surface area (Å²) in [6.45, 7) is 7.83. The van der Waals surface area contributed by atoms with Gasteiger partial charge in [0, 0.05) is 55.9 Å². The molecule has 0 atom stereocenters. The van der Waals surface area contributed by atoms with Crippen LogP contribution in [0.3, 0.4) is 0 Å². The SMILES string of the molecule is Brc1ccc(N(c2ccc(Br)cc2)c2ccc(Br)cc2)cc1.CCC1(CCOCc2ccc(Br)cc2)COC1.CCCCCCc1ccc(Br)cc1.FC(F)(F)c1cc(Br)cc(C(F)(F)F)c1. The lowest BCUT2D eigenvalue weighted by Gasteiger charge is -2.40. The van der Waals surface area contributed by atoms with Gasteiger partial charge in [-0.05, 0) is 152 Å². The quantitative estimate of drug-likeness (QED) is 0.0801. The van der Waals surface area contributed by atoms with Crippen molar-refractivity contribution in [1.29, 1.82) is 0 Å². The normalized spacial score (nSPS) is 12.9. The first-order valence-electron chi connectivity index (χ1n) is 21.5. The van der Waals surface area contributed by atoms with Gasteiger partial charge in [-0.1, -0.05) is 153 Å². The van der Waals surface area contributed by atoms with Crippen LogP contribution in [0.25, 0.3) is 0 Å². The smallest absolute Gasteiger partial charge is 0.380 e. The van der Waals surface area contributed by atoms with E-state index in [1.165, 1.54) is 54.1 Å². The van der Waals surface area contributed by atoms with Gasteiger partial charge >= 0.3 is 12.4 Å². The van der Waals surface area contributed by atoms with Crippen molar-refractivity contribution in [2.45, 2.75) is 77.8 Å². The second-order valence-corrected chi connectivity index (χ2v) is 21.2. The summed E-state index contributed by atoms with van der Waals surface area (Å²) in [6, 6.07) is 43.1. The summed E-state index contributed by atoms with van der Waals surface area (Å²) in [5, 5.41) is 0. The molecule has 3 nitrogen and oxygen atoms in total. The van der Waals surface area contributed by atoms with E-state index in [1.807, 2.05) is 12.1 Å². The summed E-state index contributed by atoms with van der Waals surface area (Å²) < 4.78 is 89.1. The predicted molar refractivity (Wildman–Crippen MR) is 282 cm³/mol. The second kappa shape index (κ2) is 28.4. The van der Waals surface area contributed by atoms with Crippen molar-refractivity contribution < 1.29 is 35.8 Å². The first kappa shape index (κ1) is 57.1. The number of rotatable bonds is 14. The Morgan fingerprint density at radius 2 is 0.896 bits per heavy atom. The molecule has 360 valence electrons. The summed E-state index contributed by atoms with van der Waals surface area (Å²) in [4.78, 5) is 2.23. The Bertz CT molecular complexity index is 2200. The van der Waals surface area contributed by atoms with Crippen LogP contribution in [0.15, 0.2) is 166 Å². The van der Waals surface area contributed by atoms with E-state index in [-0.39, 0.29) is 10.5 Å². The molecule has 0 amide bonds. The van der Waals surface area contributed by atoms with Crippen LogP contribution in [-0.2, 0) is 34.9 Å². The van der Waals surface area contributed by atoms with E-state index >= 15 is 0 Å². The minimum absolute atomic E-state index is 0.0742. The highest BCUT2D eigenvalue weighted by Gasteiger charge is 2.37. The number of benzene rings is 6. The number of nitrogens with zero attached hydrogens (tertiary/aromatic N) is 1. The maximum Gasteiger partial charge on any atom is 0.416 e. The van der Waals surface area contributed by atoms with Gasteiger partial charge in [-0.15, -0.1) is 0 Å². The van der Waals surface area contributed by atoms with Crippen molar-refractivity contribution in [1.82, 2.24) is 0 Å². The lowest BCUT2D eigenvalue weighted by molar-refractivity contribution is -0.143. The highest BCUT2D eigenvalue weighted by atomic mass is 79.9. The van der Waals surface area contributed by atoms with Crippen LogP contribution in [0.4, 0.5) is 43.4 Å². The number of hydrogen-bond acceptors (Lipinski definition) is 3. The highest BCUT2D eigenvalue weighted by Crippen LogP contribution is 2.39. The van der Waals surface area contributed by atoms with E-state index in [4.69, 9.17) is 9.47 Å². The van der Waals surface area contributed by atoms with E-state index in [0.717, 1.165) is 61.2 Å². The van der Waals surface area contributed by atoms with Crippen LogP contribution in [0, 0.1) is 5.41 Å². The van der Waals surface area contributed by atoms with Crippen LogP contribution in [0.1, 0.15) is 74.6 Å². The molecule has 0 aromatic heterocycles. The number of aryl methyl sites for hydroxylation is 1. The fourth-order valence-corrected chi connectivity index (χ4v) is 8.33. The van der Waals surface area contributed by atoms with Crippen molar-refractivity contribution in [3.63, 3.8) is 0 Å². The van der Waals surface area contributed by atoms with Crippen LogP contribution in [-0.4, -0.2) is 19.8 Å². The Balaban J connectivity index is 0.000000199. The van der Waals surface area contributed by atoms with Gasteiger partial charge in [0.25, 0.3) is 0 Å². The molecule has 1 fully saturated rings.